The predicted molar refractivity (Wildman–Crippen MR) is 88.7 cm³/mol. The van der Waals surface area contributed by atoms with Gasteiger partial charge in [0.15, 0.2) is 12.4 Å². The zero-order chi connectivity index (χ0) is 18.7. The maximum atomic E-state index is 12.4. The van der Waals surface area contributed by atoms with Crippen LogP contribution in [-0.2, 0) is 9.57 Å². The molecule has 3 rings (SSSR count). The van der Waals surface area contributed by atoms with E-state index in [4.69, 9.17) is 4.84 Å². The van der Waals surface area contributed by atoms with Crippen molar-refractivity contribution in [3.8, 4) is 0 Å². The number of hydrogen-bond acceptors (Lipinski definition) is 3. The molecule has 7 heteroatoms. The summed E-state index contributed by atoms with van der Waals surface area (Å²) >= 11 is 0. The molecule has 0 fully saturated rings. The summed E-state index contributed by atoms with van der Waals surface area (Å²) in [6, 6.07) is 15.6. The van der Waals surface area contributed by atoms with Crippen molar-refractivity contribution < 1.29 is 27.5 Å². The SMILES string of the molecule is Cc1ccc(C2C=C(c3ccccc3)ON2C(=O)OCC(F)(F)F)cc1. The average molecular weight is 363 g/mol. The second-order valence-electron chi connectivity index (χ2n) is 5.84. The van der Waals surface area contributed by atoms with Gasteiger partial charge in [0.25, 0.3) is 0 Å². The lowest BCUT2D eigenvalue weighted by Crippen LogP contribution is -2.33. The Bertz CT molecular complexity index is 801. The van der Waals surface area contributed by atoms with E-state index in [1.165, 1.54) is 0 Å². The van der Waals surface area contributed by atoms with Crippen LogP contribution in [-0.4, -0.2) is 23.9 Å². The van der Waals surface area contributed by atoms with E-state index in [1.54, 1.807) is 42.5 Å². The van der Waals surface area contributed by atoms with Crippen molar-refractivity contribution in [1.82, 2.24) is 5.06 Å². The smallest absolute Gasteiger partial charge is 0.438 e. The highest BCUT2D eigenvalue weighted by Gasteiger charge is 2.37. The van der Waals surface area contributed by atoms with E-state index >= 15 is 0 Å². The first-order chi connectivity index (χ1) is 12.3. The molecule has 136 valence electrons. The number of halogens is 3. The molecule has 0 spiro atoms. The molecule has 0 bridgehead atoms. The first kappa shape index (κ1) is 17.8. The topological polar surface area (TPSA) is 38.8 Å². The predicted octanol–water partition coefficient (Wildman–Crippen LogP) is 5.02. The summed E-state index contributed by atoms with van der Waals surface area (Å²) in [5.41, 5.74) is 2.42. The number of carbonyl (C=O) groups is 1. The Kier molecular flexibility index (Phi) is 4.88. The molecule has 2 aromatic carbocycles. The normalized spacial score (nSPS) is 16.8. The van der Waals surface area contributed by atoms with Gasteiger partial charge in [-0.25, -0.2) is 4.79 Å². The Labute approximate surface area is 148 Å². The third kappa shape index (κ3) is 4.17. The molecule has 1 atom stereocenters. The van der Waals surface area contributed by atoms with Crippen LogP contribution < -0.4 is 0 Å². The number of aryl methyl sites for hydroxylation is 1. The van der Waals surface area contributed by atoms with Crippen molar-refractivity contribution in [1.29, 1.82) is 0 Å². The largest absolute Gasteiger partial charge is 0.444 e. The van der Waals surface area contributed by atoms with Gasteiger partial charge in [0.2, 0.25) is 0 Å². The van der Waals surface area contributed by atoms with Crippen LogP contribution in [0, 0.1) is 6.92 Å². The number of carbonyl (C=O) groups excluding carboxylic acids is 1. The highest BCUT2D eigenvalue weighted by molar-refractivity contribution is 5.72. The van der Waals surface area contributed by atoms with E-state index in [0.29, 0.717) is 16.9 Å². The Hall–Kier alpha value is -2.96. The molecule has 0 aliphatic carbocycles. The molecule has 0 aromatic heterocycles. The van der Waals surface area contributed by atoms with E-state index in [0.717, 1.165) is 10.6 Å². The number of amides is 1. The lowest BCUT2D eigenvalue weighted by atomic mass is 10.0. The van der Waals surface area contributed by atoms with Crippen LogP contribution in [0.25, 0.3) is 5.76 Å². The van der Waals surface area contributed by atoms with E-state index in [-0.39, 0.29) is 0 Å². The summed E-state index contributed by atoms with van der Waals surface area (Å²) in [5.74, 6) is 0.375. The van der Waals surface area contributed by atoms with Crippen LogP contribution in [0.4, 0.5) is 18.0 Å². The molecule has 0 radical (unpaired) electrons. The van der Waals surface area contributed by atoms with Crippen molar-refractivity contribution >= 4 is 11.9 Å². The van der Waals surface area contributed by atoms with Gasteiger partial charge in [-0.1, -0.05) is 60.2 Å². The fourth-order valence-electron chi connectivity index (χ4n) is 2.51. The van der Waals surface area contributed by atoms with E-state index < -0.39 is 24.9 Å². The summed E-state index contributed by atoms with van der Waals surface area (Å²) in [6.45, 7) is 0.239. The summed E-state index contributed by atoms with van der Waals surface area (Å²) in [6.07, 6.45) is -4.13. The van der Waals surface area contributed by atoms with Crippen LogP contribution in [0.15, 0.2) is 60.7 Å². The number of nitrogens with zero attached hydrogens (tertiary/aromatic N) is 1. The van der Waals surface area contributed by atoms with Crippen LogP contribution in [0.5, 0.6) is 0 Å². The van der Waals surface area contributed by atoms with Gasteiger partial charge in [-0.05, 0) is 18.6 Å². The minimum absolute atomic E-state index is 0.375. The second-order valence-corrected chi connectivity index (χ2v) is 5.84. The molecule has 2 aromatic rings. The monoisotopic (exact) mass is 363 g/mol. The Morgan fingerprint density at radius 3 is 2.38 bits per heavy atom. The van der Waals surface area contributed by atoms with Crippen LogP contribution in [0.1, 0.15) is 22.7 Å². The van der Waals surface area contributed by atoms with Gasteiger partial charge in [0, 0.05) is 5.56 Å². The van der Waals surface area contributed by atoms with Gasteiger partial charge in [-0.2, -0.15) is 13.2 Å². The van der Waals surface area contributed by atoms with Gasteiger partial charge in [-0.3, -0.25) is 0 Å². The molecule has 4 nitrogen and oxygen atoms in total. The fourth-order valence-corrected chi connectivity index (χ4v) is 2.51. The van der Waals surface area contributed by atoms with Gasteiger partial charge in [0.1, 0.15) is 6.04 Å². The van der Waals surface area contributed by atoms with E-state index in [1.807, 2.05) is 25.1 Å². The minimum atomic E-state index is -4.61. The number of hydrogen-bond donors (Lipinski definition) is 0. The van der Waals surface area contributed by atoms with Crippen molar-refractivity contribution in [3.05, 3.63) is 77.4 Å². The lowest BCUT2D eigenvalue weighted by molar-refractivity contribution is -0.171. The molecular weight excluding hydrogens is 347 g/mol. The Morgan fingerprint density at radius 2 is 1.77 bits per heavy atom. The van der Waals surface area contributed by atoms with Crippen LogP contribution >= 0.6 is 0 Å². The van der Waals surface area contributed by atoms with Crippen molar-refractivity contribution in [2.45, 2.75) is 19.1 Å². The lowest BCUT2D eigenvalue weighted by Gasteiger charge is -2.23. The molecule has 1 heterocycles. The zero-order valence-corrected chi connectivity index (χ0v) is 13.9. The number of alkyl halides is 3. The summed E-state index contributed by atoms with van der Waals surface area (Å²) in [4.78, 5) is 17.7. The quantitative estimate of drug-likeness (QED) is 0.768. The maximum Gasteiger partial charge on any atom is 0.444 e. The third-order valence-electron chi connectivity index (χ3n) is 3.78. The van der Waals surface area contributed by atoms with E-state index in [9.17, 15) is 18.0 Å². The number of ether oxygens (including phenoxy) is 1. The third-order valence-corrected chi connectivity index (χ3v) is 3.78. The Balaban J connectivity index is 1.87. The molecule has 0 saturated carbocycles. The molecular formula is C19H16F3NO3. The van der Waals surface area contributed by atoms with Crippen molar-refractivity contribution in [2.75, 3.05) is 6.61 Å². The van der Waals surface area contributed by atoms with Gasteiger partial charge in [0.05, 0.1) is 0 Å². The number of benzene rings is 2. The number of hydroxylamine groups is 2. The summed E-state index contributed by atoms with van der Waals surface area (Å²) in [5, 5.41) is 0.818. The van der Waals surface area contributed by atoms with Crippen molar-refractivity contribution in [2.24, 2.45) is 0 Å². The molecule has 1 amide bonds. The number of rotatable bonds is 3. The molecule has 0 N–H and O–H groups in total. The molecule has 1 unspecified atom stereocenters. The molecule has 26 heavy (non-hydrogen) atoms. The fraction of sp³-hybridized carbons (Fsp3) is 0.211. The van der Waals surface area contributed by atoms with Crippen LogP contribution in [0.3, 0.4) is 0 Å². The molecule has 0 saturated heterocycles. The van der Waals surface area contributed by atoms with Gasteiger partial charge >= 0.3 is 12.3 Å². The van der Waals surface area contributed by atoms with E-state index in [2.05, 4.69) is 4.74 Å². The van der Waals surface area contributed by atoms with Gasteiger partial charge in [-0.15, -0.1) is 5.06 Å². The highest BCUT2D eigenvalue weighted by atomic mass is 19.4. The average Bonchev–Trinajstić information content (AvgIpc) is 3.06. The van der Waals surface area contributed by atoms with Gasteiger partial charge < -0.3 is 9.57 Å². The minimum Gasteiger partial charge on any atom is -0.438 e. The summed E-state index contributed by atoms with van der Waals surface area (Å²) < 4.78 is 41.4. The van der Waals surface area contributed by atoms with Crippen LogP contribution in [0.2, 0.25) is 0 Å². The second kappa shape index (κ2) is 7.11. The maximum absolute atomic E-state index is 12.4. The zero-order valence-electron chi connectivity index (χ0n) is 13.9. The highest BCUT2D eigenvalue weighted by Crippen LogP contribution is 2.36. The first-order valence-corrected chi connectivity index (χ1v) is 7.88. The molecule has 1 aliphatic heterocycles. The Morgan fingerprint density at radius 1 is 1.12 bits per heavy atom. The molecule has 1 aliphatic rings. The standard InChI is InChI=1S/C19H16F3NO3/c1-13-7-9-14(10-8-13)16-11-17(15-5-3-2-4-6-15)26-23(16)18(24)25-12-19(20,21)22/h2-11,16H,12H2,1H3. The first-order valence-electron chi connectivity index (χ1n) is 7.88. The van der Waals surface area contributed by atoms with Crippen molar-refractivity contribution in [3.63, 3.8) is 0 Å². The summed E-state index contributed by atoms with van der Waals surface area (Å²) in [7, 11) is 0.